The summed E-state index contributed by atoms with van der Waals surface area (Å²) in [6.45, 7) is 1.45. The zero-order valence-electron chi connectivity index (χ0n) is 3.97. The maximum atomic E-state index is 10.0. The van der Waals surface area contributed by atoms with E-state index in [1.807, 2.05) is 6.07 Å². The fourth-order valence-electron chi connectivity index (χ4n) is 0.134. The predicted molar refractivity (Wildman–Crippen MR) is 28.8 cm³/mol. The van der Waals surface area contributed by atoms with Gasteiger partial charge < -0.3 is 0 Å². The number of rotatable bonds is 1. The lowest BCUT2D eigenvalue weighted by Gasteiger charge is -1.79. The summed E-state index contributed by atoms with van der Waals surface area (Å²) in [6, 6.07) is 1.84. The molecular weight excluding hydrogens is 111 g/mol. The van der Waals surface area contributed by atoms with E-state index in [9.17, 15) is 4.79 Å². The quantitative estimate of drug-likeness (QED) is 0.475. The van der Waals surface area contributed by atoms with Crippen molar-refractivity contribution in [3.8, 4) is 6.07 Å². The van der Waals surface area contributed by atoms with Gasteiger partial charge in [0.2, 0.25) is 0 Å². The molecule has 0 radical (unpaired) electrons. The van der Waals surface area contributed by atoms with Crippen molar-refractivity contribution < 1.29 is 4.79 Å². The van der Waals surface area contributed by atoms with Crippen molar-refractivity contribution in [2.75, 3.05) is 5.75 Å². The van der Waals surface area contributed by atoms with Crippen molar-refractivity contribution >= 4 is 16.9 Å². The van der Waals surface area contributed by atoms with Gasteiger partial charge in [-0.15, -0.1) is 0 Å². The Balaban J connectivity index is 3.02. The second-order valence-electron chi connectivity index (χ2n) is 0.938. The lowest BCUT2D eigenvalue weighted by molar-refractivity contribution is -0.109. The van der Waals surface area contributed by atoms with Crippen LogP contribution < -0.4 is 0 Å². The molecule has 0 aliphatic rings. The van der Waals surface area contributed by atoms with Gasteiger partial charge in [-0.2, -0.15) is 5.26 Å². The van der Waals surface area contributed by atoms with Crippen molar-refractivity contribution in [2.45, 2.75) is 6.92 Å². The summed E-state index contributed by atoms with van der Waals surface area (Å²) >= 11 is 1.03. The van der Waals surface area contributed by atoms with Crippen LogP contribution in [-0.4, -0.2) is 10.9 Å². The van der Waals surface area contributed by atoms with Crippen molar-refractivity contribution in [3.05, 3.63) is 0 Å². The van der Waals surface area contributed by atoms with Crippen LogP contribution in [0.2, 0.25) is 0 Å². The Labute approximate surface area is 46.5 Å². The minimum absolute atomic E-state index is 0.00144. The van der Waals surface area contributed by atoms with Gasteiger partial charge in [0.1, 0.15) is 0 Å². The van der Waals surface area contributed by atoms with Gasteiger partial charge in [0.05, 0.1) is 11.8 Å². The highest BCUT2D eigenvalue weighted by Gasteiger charge is 1.87. The molecule has 0 aromatic rings. The van der Waals surface area contributed by atoms with E-state index >= 15 is 0 Å². The van der Waals surface area contributed by atoms with Crippen molar-refractivity contribution in [2.24, 2.45) is 0 Å². The van der Waals surface area contributed by atoms with Crippen LogP contribution in [0.4, 0.5) is 0 Å². The van der Waals surface area contributed by atoms with E-state index in [1.165, 1.54) is 6.92 Å². The highest BCUT2D eigenvalue weighted by Crippen LogP contribution is 1.96. The molecule has 0 spiro atoms. The normalized spacial score (nSPS) is 7.43. The third-order valence-electron chi connectivity index (χ3n) is 0.340. The van der Waals surface area contributed by atoms with Crippen molar-refractivity contribution in [1.82, 2.24) is 0 Å². The standard InChI is InChI=1S/C4H5NOS/c1-4(6)7-3-2-5/h3H2,1H3/i2+1. The van der Waals surface area contributed by atoms with E-state index in [1.54, 1.807) is 0 Å². The van der Waals surface area contributed by atoms with Crippen LogP contribution in [0.1, 0.15) is 6.92 Å². The van der Waals surface area contributed by atoms with Gasteiger partial charge in [-0.25, -0.2) is 0 Å². The molecule has 0 unspecified atom stereocenters. The highest BCUT2D eigenvalue weighted by atomic mass is 32.2. The fraction of sp³-hybridized carbons (Fsp3) is 0.500. The molecule has 0 amide bonds. The smallest absolute Gasteiger partial charge is 0.186 e. The Morgan fingerprint density at radius 2 is 2.57 bits per heavy atom. The molecule has 0 rings (SSSR count). The van der Waals surface area contributed by atoms with Gasteiger partial charge >= 0.3 is 0 Å². The molecule has 0 N–H and O–H groups in total. The molecule has 38 valence electrons. The largest absolute Gasteiger partial charge is 0.288 e. The van der Waals surface area contributed by atoms with Crippen LogP contribution in [0.15, 0.2) is 0 Å². The zero-order chi connectivity index (χ0) is 5.70. The van der Waals surface area contributed by atoms with Gasteiger partial charge in [-0.05, 0) is 0 Å². The summed E-state index contributed by atoms with van der Waals surface area (Å²) < 4.78 is 0. The molecule has 3 heteroatoms. The van der Waals surface area contributed by atoms with Gasteiger partial charge in [0, 0.05) is 6.92 Å². The van der Waals surface area contributed by atoms with E-state index < -0.39 is 0 Å². The molecule has 0 atom stereocenters. The first kappa shape index (κ1) is 6.51. The van der Waals surface area contributed by atoms with Gasteiger partial charge in [-0.3, -0.25) is 4.79 Å². The Hall–Kier alpha value is -0.490. The van der Waals surface area contributed by atoms with Crippen LogP contribution in [0, 0.1) is 11.3 Å². The van der Waals surface area contributed by atoms with E-state index in [0.717, 1.165) is 11.8 Å². The number of thioether (sulfide) groups is 1. The molecule has 0 aromatic carbocycles. The molecule has 7 heavy (non-hydrogen) atoms. The highest BCUT2D eigenvalue weighted by molar-refractivity contribution is 8.13. The van der Waals surface area contributed by atoms with E-state index in [2.05, 4.69) is 0 Å². The Bertz CT molecular complexity index is 105. The van der Waals surface area contributed by atoms with E-state index in [-0.39, 0.29) is 10.9 Å². The summed E-state index contributed by atoms with van der Waals surface area (Å²) in [6.07, 6.45) is 0. The summed E-state index contributed by atoms with van der Waals surface area (Å²) in [5, 5.41) is 7.89. The Morgan fingerprint density at radius 3 is 2.71 bits per heavy atom. The van der Waals surface area contributed by atoms with Crippen molar-refractivity contribution in [3.63, 3.8) is 0 Å². The zero-order valence-corrected chi connectivity index (χ0v) is 4.79. The predicted octanol–water partition coefficient (Wildman–Crippen LogP) is 0.790. The minimum atomic E-state index is 0.00144. The number of nitrogens with zero attached hydrogens (tertiary/aromatic N) is 1. The maximum absolute atomic E-state index is 10.0. The molecule has 0 aliphatic carbocycles. The molecule has 0 aliphatic heterocycles. The third-order valence-corrected chi connectivity index (χ3v) is 1.02. The summed E-state index contributed by atoms with van der Waals surface area (Å²) in [4.78, 5) is 10.0. The van der Waals surface area contributed by atoms with Crippen LogP contribution in [0.5, 0.6) is 0 Å². The third kappa shape index (κ3) is 5.51. The van der Waals surface area contributed by atoms with Crippen LogP contribution in [0.25, 0.3) is 0 Å². The number of carbonyl (C=O) groups excluding carboxylic acids is 1. The summed E-state index contributed by atoms with van der Waals surface area (Å²) in [7, 11) is 0. The molecule has 0 aromatic heterocycles. The number of hydrogen-bond acceptors (Lipinski definition) is 3. The number of nitriles is 1. The van der Waals surface area contributed by atoms with Crippen LogP contribution in [-0.2, 0) is 4.79 Å². The van der Waals surface area contributed by atoms with Crippen LogP contribution >= 0.6 is 11.8 Å². The summed E-state index contributed by atoms with van der Waals surface area (Å²) in [5.74, 6) is 0.273. The molecule has 0 saturated heterocycles. The van der Waals surface area contributed by atoms with Gasteiger partial charge in [-0.1, -0.05) is 11.8 Å². The maximum Gasteiger partial charge on any atom is 0.186 e. The first-order valence-electron chi connectivity index (χ1n) is 1.77. The molecule has 2 nitrogen and oxygen atoms in total. The van der Waals surface area contributed by atoms with E-state index in [0.29, 0.717) is 0 Å². The Morgan fingerprint density at radius 1 is 2.00 bits per heavy atom. The lowest BCUT2D eigenvalue weighted by Crippen LogP contribution is -1.80. The minimum Gasteiger partial charge on any atom is -0.288 e. The molecule has 0 heterocycles. The Kier molecular flexibility index (Phi) is 3.43. The second kappa shape index (κ2) is 3.69. The molecule has 0 bridgehead atoms. The second-order valence-corrected chi connectivity index (χ2v) is 2.09. The molecular formula is C4H5NOS. The monoisotopic (exact) mass is 116 g/mol. The lowest BCUT2D eigenvalue weighted by atomic mass is 10.9. The number of carbonyl (C=O) groups is 1. The van der Waals surface area contributed by atoms with Crippen LogP contribution in [0.3, 0.4) is 0 Å². The average Bonchev–Trinajstić information content (AvgIpc) is 1.61. The topological polar surface area (TPSA) is 40.9 Å². The molecule has 0 fully saturated rings. The summed E-state index contributed by atoms with van der Waals surface area (Å²) in [5.41, 5.74) is 0. The van der Waals surface area contributed by atoms with Crippen molar-refractivity contribution in [1.29, 1.82) is 5.26 Å². The first-order valence-corrected chi connectivity index (χ1v) is 2.76. The average molecular weight is 116 g/mol. The number of hydrogen-bond donors (Lipinski definition) is 0. The SMILES string of the molecule is CC(=O)SC[13C]#N. The first-order chi connectivity index (χ1) is 3.27. The van der Waals surface area contributed by atoms with E-state index in [4.69, 9.17) is 5.26 Å². The van der Waals surface area contributed by atoms with Gasteiger partial charge in [0.25, 0.3) is 0 Å². The fourth-order valence-corrected chi connectivity index (χ4v) is 0.402. The molecule has 0 saturated carbocycles. The van der Waals surface area contributed by atoms with Gasteiger partial charge in [0.15, 0.2) is 5.12 Å².